The predicted octanol–water partition coefficient (Wildman–Crippen LogP) is 3.56. The van der Waals surface area contributed by atoms with E-state index in [2.05, 4.69) is 0 Å². The molecule has 1 aromatic carbocycles. The minimum absolute atomic E-state index is 0.322. The van der Waals surface area contributed by atoms with Crippen molar-refractivity contribution in [2.75, 3.05) is 0 Å². The molecule has 72 valence electrons. The van der Waals surface area contributed by atoms with Gasteiger partial charge in [-0.05, 0) is 35.4 Å². The van der Waals surface area contributed by atoms with Crippen molar-refractivity contribution in [1.82, 2.24) is 0 Å². The molecule has 0 saturated heterocycles. The van der Waals surface area contributed by atoms with Gasteiger partial charge in [0.15, 0.2) is 0 Å². The molecule has 1 aromatic heterocycles. The molecule has 0 aliphatic rings. The molecule has 2 aromatic rings. The van der Waals surface area contributed by atoms with E-state index >= 15 is 0 Å². The summed E-state index contributed by atoms with van der Waals surface area (Å²) in [6.45, 7) is 1.73. The van der Waals surface area contributed by atoms with Gasteiger partial charge < -0.3 is 5.11 Å². The summed E-state index contributed by atoms with van der Waals surface area (Å²) in [6.07, 6.45) is 0. The van der Waals surface area contributed by atoms with Crippen LogP contribution in [0.3, 0.4) is 0 Å². The van der Waals surface area contributed by atoms with Crippen LogP contribution in [-0.4, -0.2) is 11.1 Å². The number of hydrogen-bond acceptors (Lipinski definition) is 2. The maximum atomic E-state index is 11.0. The summed E-state index contributed by atoms with van der Waals surface area (Å²) in [7, 11) is 0. The molecule has 0 spiro atoms. The number of rotatable bonds is 1. The molecule has 1 heterocycles. The molecule has 0 radical (unpaired) electrons. The first-order valence-electron chi connectivity index (χ1n) is 4.01. The van der Waals surface area contributed by atoms with Crippen LogP contribution in [-0.2, 0) is 0 Å². The molecule has 0 amide bonds. The fraction of sp³-hybridized carbons (Fsp3) is 0.100. The van der Waals surface area contributed by atoms with Gasteiger partial charge in [-0.1, -0.05) is 11.6 Å². The summed E-state index contributed by atoms with van der Waals surface area (Å²) in [5.74, 6) is -0.919. The zero-order valence-corrected chi connectivity index (χ0v) is 8.95. The Bertz CT molecular complexity index is 516. The number of carboxylic acid groups (broad SMARTS) is 1. The summed E-state index contributed by atoms with van der Waals surface area (Å²) in [4.78, 5) is 11.0. The minimum atomic E-state index is -0.919. The zero-order chi connectivity index (χ0) is 10.3. The number of thiophene rings is 1. The van der Waals surface area contributed by atoms with Gasteiger partial charge in [0.25, 0.3) is 0 Å². The first-order valence-corrected chi connectivity index (χ1v) is 5.26. The average molecular weight is 227 g/mol. The second-order valence-electron chi connectivity index (χ2n) is 3.00. The number of hydrogen-bond donors (Lipinski definition) is 1. The Morgan fingerprint density at radius 3 is 2.93 bits per heavy atom. The molecular formula is C10H7ClO2S. The lowest BCUT2D eigenvalue weighted by molar-refractivity contribution is 0.0698. The Labute approximate surface area is 89.7 Å². The highest BCUT2D eigenvalue weighted by atomic mass is 35.5. The van der Waals surface area contributed by atoms with Crippen LogP contribution in [0, 0.1) is 6.92 Å². The first kappa shape index (κ1) is 9.49. The normalized spacial score (nSPS) is 10.7. The van der Waals surface area contributed by atoms with E-state index in [0.29, 0.717) is 16.1 Å². The number of halogens is 1. The summed E-state index contributed by atoms with van der Waals surface area (Å²) in [6, 6.07) is 3.67. The van der Waals surface area contributed by atoms with Crippen molar-refractivity contribution in [1.29, 1.82) is 0 Å². The van der Waals surface area contributed by atoms with Crippen molar-refractivity contribution in [2.24, 2.45) is 0 Å². The molecule has 0 aliphatic carbocycles. The van der Waals surface area contributed by atoms with Crippen LogP contribution in [0.2, 0.25) is 5.02 Å². The lowest BCUT2D eigenvalue weighted by atomic mass is 10.1. The Hall–Kier alpha value is -1.06. The molecule has 0 saturated carbocycles. The van der Waals surface area contributed by atoms with Crippen molar-refractivity contribution in [3.05, 3.63) is 33.7 Å². The lowest BCUT2D eigenvalue weighted by Gasteiger charge is -2.04. The van der Waals surface area contributed by atoms with Gasteiger partial charge in [-0.2, -0.15) is 0 Å². The summed E-state index contributed by atoms with van der Waals surface area (Å²) in [5.41, 5.74) is 0.955. The molecule has 0 aliphatic heterocycles. The van der Waals surface area contributed by atoms with Crippen LogP contribution in [0.15, 0.2) is 17.5 Å². The molecule has 0 fully saturated rings. The van der Waals surface area contributed by atoms with E-state index in [4.69, 9.17) is 16.7 Å². The van der Waals surface area contributed by atoms with Gasteiger partial charge in [-0.25, -0.2) is 4.79 Å². The van der Waals surface area contributed by atoms with E-state index < -0.39 is 5.97 Å². The Morgan fingerprint density at radius 2 is 2.29 bits per heavy atom. The largest absolute Gasteiger partial charge is 0.478 e. The van der Waals surface area contributed by atoms with Crippen LogP contribution >= 0.6 is 22.9 Å². The number of aromatic carboxylic acids is 1. The number of benzene rings is 1. The molecule has 1 N–H and O–H groups in total. The molecule has 0 atom stereocenters. The van der Waals surface area contributed by atoms with Crippen molar-refractivity contribution in [2.45, 2.75) is 6.92 Å². The fourth-order valence-electron chi connectivity index (χ4n) is 1.43. The predicted molar refractivity (Wildman–Crippen MR) is 58.5 cm³/mol. The molecular weight excluding hydrogens is 220 g/mol. The van der Waals surface area contributed by atoms with Crippen LogP contribution in [0.5, 0.6) is 0 Å². The quantitative estimate of drug-likeness (QED) is 0.807. The zero-order valence-electron chi connectivity index (χ0n) is 7.37. The van der Waals surface area contributed by atoms with Gasteiger partial charge >= 0.3 is 5.97 Å². The van der Waals surface area contributed by atoms with Gasteiger partial charge in [0.1, 0.15) is 0 Å². The second kappa shape index (κ2) is 3.26. The average Bonchev–Trinajstić information content (AvgIpc) is 2.52. The fourth-order valence-corrected chi connectivity index (χ4v) is 2.61. The smallest absolute Gasteiger partial charge is 0.337 e. The van der Waals surface area contributed by atoms with Crippen molar-refractivity contribution >= 4 is 39.0 Å². The topological polar surface area (TPSA) is 37.3 Å². The minimum Gasteiger partial charge on any atom is -0.478 e. The van der Waals surface area contributed by atoms with Crippen molar-refractivity contribution in [3.63, 3.8) is 0 Å². The van der Waals surface area contributed by atoms with Gasteiger partial charge in [-0.15, -0.1) is 11.3 Å². The Morgan fingerprint density at radius 1 is 1.57 bits per heavy atom. The Kier molecular flexibility index (Phi) is 2.21. The van der Waals surface area contributed by atoms with Crippen LogP contribution < -0.4 is 0 Å². The molecule has 4 heteroatoms. The van der Waals surface area contributed by atoms with E-state index in [1.54, 1.807) is 13.0 Å². The highest BCUT2D eigenvalue weighted by Gasteiger charge is 2.15. The highest BCUT2D eigenvalue weighted by Crippen LogP contribution is 2.32. The van der Waals surface area contributed by atoms with E-state index in [9.17, 15) is 4.79 Å². The first-order chi connectivity index (χ1) is 6.61. The standard InChI is InChI=1S/C10H7ClO2S/c1-5-7(11)4-6-2-3-14-9(6)8(5)10(12)13/h2-4H,1H3,(H,12,13). The lowest BCUT2D eigenvalue weighted by Crippen LogP contribution is -2.00. The van der Waals surface area contributed by atoms with E-state index in [1.165, 1.54) is 11.3 Å². The number of carbonyl (C=O) groups is 1. The van der Waals surface area contributed by atoms with Crippen LogP contribution in [0.4, 0.5) is 0 Å². The maximum absolute atomic E-state index is 11.0. The van der Waals surface area contributed by atoms with E-state index in [0.717, 1.165) is 10.1 Å². The maximum Gasteiger partial charge on any atom is 0.337 e. The van der Waals surface area contributed by atoms with Crippen LogP contribution in [0.1, 0.15) is 15.9 Å². The van der Waals surface area contributed by atoms with E-state index in [1.807, 2.05) is 11.4 Å². The van der Waals surface area contributed by atoms with Crippen molar-refractivity contribution in [3.8, 4) is 0 Å². The van der Waals surface area contributed by atoms with Gasteiger partial charge in [0, 0.05) is 9.72 Å². The summed E-state index contributed by atoms with van der Waals surface area (Å²) in [5, 5.41) is 12.3. The van der Waals surface area contributed by atoms with Crippen LogP contribution in [0.25, 0.3) is 10.1 Å². The third-order valence-electron chi connectivity index (χ3n) is 2.15. The molecule has 2 nitrogen and oxygen atoms in total. The SMILES string of the molecule is Cc1c(Cl)cc2ccsc2c1C(=O)O. The summed E-state index contributed by atoms with van der Waals surface area (Å²) < 4.78 is 0.791. The molecule has 0 unspecified atom stereocenters. The second-order valence-corrected chi connectivity index (χ2v) is 4.33. The molecule has 0 bridgehead atoms. The number of fused-ring (bicyclic) bond motifs is 1. The van der Waals surface area contributed by atoms with Gasteiger partial charge in [0.05, 0.1) is 5.56 Å². The van der Waals surface area contributed by atoms with Gasteiger partial charge in [0.2, 0.25) is 0 Å². The third kappa shape index (κ3) is 1.29. The monoisotopic (exact) mass is 226 g/mol. The van der Waals surface area contributed by atoms with Crippen molar-refractivity contribution < 1.29 is 9.90 Å². The third-order valence-corrected chi connectivity index (χ3v) is 3.49. The number of carboxylic acids is 1. The molecule has 14 heavy (non-hydrogen) atoms. The molecule has 2 rings (SSSR count). The van der Waals surface area contributed by atoms with Gasteiger partial charge in [-0.3, -0.25) is 0 Å². The van der Waals surface area contributed by atoms with E-state index in [-0.39, 0.29) is 0 Å². The highest BCUT2D eigenvalue weighted by molar-refractivity contribution is 7.17. The summed E-state index contributed by atoms with van der Waals surface area (Å²) >= 11 is 7.36. The Balaban J connectivity index is 2.93.